The van der Waals surface area contributed by atoms with E-state index < -0.39 is 10.9 Å². The molecule has 0 aliphatic heterocycles. The highest BCUT2D eigenvalue weighted by Gasteiger charge is 2.15. The minimum atomic E-state index is -0.654. The Labute approximate surface area is 85.8 Å². The zero-order chi connectivity index (χ0) is 11.4. The van der Waals surface area contributed by atoms with Crippen molar-refractivity contribution in [3.05, 3.63) is 33.9 Å². The van der Waals surface area contributed by atoms with Crippen LogP contribution in [-0.2, 0) is 4.74 Å². The largest absolute Gasteiger partial charge is 0.462 e. The fourth-order valence-corrected chi connectivity index (χ4v) is 1.04. The molecule has 0 fully saturated rings. The van der Waals surface area contributed by atoms with Crippen molar-refractivity contribution >= 4 is 17.3 Å². The van der Waals surface area contributed by atoms with E-state index in [4.69, 9.17) is 10.5 Å². The summed E-state index contributed by atoms with van der Waals surface area (Å²) in [6, 6.07) is 3.65. The van der Waals surface area contributed by atoms with E-state index in [-0.39, 0.29) is 23.5 Å². The zero-order valence-electron chi connectivity index (χ0n) is 8.10. The Morgan fingerprint density at radius 3 is 2.80 bits per heavy atom. The molecule has 0 unspecified atom stereocenters. The van der Waals surface area contributed by atoms with Crippen molar-refractivity contribution in [3.8, 4) is 0 Å². The predicted octanol–water partition coefficient (Wildman–Crippen LogP) is 1.35. The Kier molecular flexibility index (Phi) is 3.22. The molecule has 6 heteroatoms. The fraction of sp³-hybridized carbons (Fsp3) is 0.222. The third kappa shape index (κ3) is 2.43. The summed E-state index contributed by atoms with van der Waals surface area (Å²) in [5.41, 5.74) is 5.49. The summed E-state index contributed by atoms with van der Waals surface area (Å²) in [5, 5.41) is 10.5. The molecule has 6 nitrogen and oxygen atoms in total. The molecule has 1 aromatic carbocycles. The number of carbonyl (C=O) groups excluding carboxylic acids is 1. The monoisotopic (exact) mass is 210 g/mol. The van der Waals surface area contributed by atoms with Crippen molar-refractivity contribution in [2.75, 3.05) is 12.3 Å². The summed E-state index contributed by atoms with van der Waals surface area (Å²) in [6.45, 7) is 1.84. The van der Waals surface area contributed by atoms with Gasteiger partial charge in [0.2, 0.25) is 0 Å². The number of ether oxygens (including phenoxy) is 1. The van der Waals surface area contributed by atoms with E-state index in [9.17, 15) is 14.9 Å². The molecule has 0 amide bonds. The molecular formula is C9H10N2O4. The number of anilines is 1. The van der Waals surface area contributed by atoms with E-state index in [0.717, 1.165) is 6.07 Å². The third-order valence-electron chi connectivity index (χ3n) is 1.74. The lowest BCUT2D eigenvalue weighted by atomic mass is 10.1. The van der Waals surface area contributed by atoms with Crippen LogP contribution in [0.5, 0.6) is 0 Å². The minimum Gasteiger partial charge on any atom is -0.462 e. The summed E-state index contributed by atoms with van der Waals surface area (Å²) in [4.78, 5) is 21.2. The van der Waals surface area contributed by atoms with Crippen LogP contribution >= 0.6 is 0 Å². The maximum atomic E-state index is 11.3. The third-order valence-corrected chi connectivity index (χ3v) is 1.74. The van der Waals surface area contributed by atoms with E-state index in [1.165, 1.54) is 12.1 Å². The number of nitro groups is 1. The Bertz CT molecular complexity index is 403. The molecule has 0 heterocycles. The first-order valence-corrected chi connectivity index (χ1v) is 4.27. The Morgan fingerprint density at radius 1 is 1.60 bits per heavy atom. The molecule has 80 valence electrons. The molecule has 0 aliphatic rings. The van der Waals surface area contributed by atoms with Crippen molar-refractivity contribution in [1.82, 2.24) is 0 Å². The van der Waals surface area contributed by atoms with Gasteiger partial charge in [0.05, 0.1) is 17.1 Å². The van der Waals surface area contributed by atoms with E-state index in [2.05, 4.69) is 0 Å². The molecule has 0 radical (unpaired) electrons. The second kappa shape index (κ2) is 4.41. The highest BCUT2D eigenvalue weighted by atomic mass is 16.6. The van der Waals surface area contributed by atoms with Crippen molar-refractivity contribution in [2.24, 2.45) is 0 Å². The first kappa shape index (κ1) is 11.0. The van der Waals surface area contributed by atoms with E-state index in [1.54, 1.807) is 6.92 Å². The normalized spacial score (nSPS) is 9.67. The van der Waals surface area contributed by atoms with Gasteiger partial charge in [-0.1, -0.05) is 0 Å². The van der Waals surface area contributed by atoms with Gasteiger partial charge in [-0.05, 0) is 13.0 Å². The number of nitrogens with zero attached hydrogens (tertiary/aromatic N) is 1. The highest BCUT2D eigenvalue weighted by Crippen LogP contribution is 2.20. The molecule has 2 N–H and O–H groups in total. The number of rotatable bonds is 3. The average Bonchev–Trinajstić information content (AvgIpc) is 2.18. The van der Waals surface area contributed by atoms with Crippen LogP contribution in [0.15, 0.2) is 18.2 Å². The van der Waals surface area contributed by atoms with Gasteiger partial charge in [-0.2, -0.15) is 0 Å². The van der Waals surface area contributed by atoms with Crippen molar-refractivity contribution in [3.63, 3.8) is 0 Å². The number of carbonyl (C=O) groups is 1. The lowest BCUT2D eigenvalue weighted by molar-refractivity contribution is -0.384. The summed E-state index contributed by atoms with van der Waals surface area (Å²) in [5.74, 6) is -0.654. The second-order valence-corrected chi connectivity index (χ2v) is 2.75. The maximum Gasteiger partial charge on any atom is 0.340 e. The second-order valence-electron chi connectivity index (χ2n) is 2.75. The number of nitrogens with two attached hydrogens (primary N) is 1. The van der Waals surface area contributed by atoms with E-state index in [1.807, 2.05) is 0 Å². The van der Waals surface area contributed by atoms with Crippen LogP contribution in [0.4, 0.5) is 11.4 Å². The predicted molar refractivity (Wildman–Crippen MR) is 53.5 cm³/mol. The molecular weight excluding hydrogens is 200 g/mol. The Hall–Kier alpha value is -2.11. The first-order chi connectivity index (χ1) is 7.06. The smallest absolute Gasteiger partial charge is 0.340 e. The Morgan fingerprint density at radius 2 is 2.27 bits per heavy atom. The van der Waals surface area contributed by atoms with Crippen molar-refractivity contribution in [2.45, 2.75) is 6.92 Å². The average molecular weight is 210 g/mol. The van der Waals surface area contributed by atoms with Gasteiger partial charge < -0.3 is 10.5 Å². The van der Waals surface area contributed by atoms with Gasteiger partial charge in [-0.3, -0.25) is 10.1 Å². The molecule has 1 aromatic rings. The fourth-order valence-electron chi connectivity index (χ4n) is 1.04. The van der Waals surface area contributed by atoms with E-state index >= 15 is 0 Å². The van der Waals surface area contributed by atoms with E-state index in [0.29, 0.717) is 0 Å². The SMILES string of the molecule is CCOC(=O)c1cc([N+](=O)[O-])ccc1N. The minimum absolute atomic E-state index is 0.0195. The van der Waals surface area contributed by atoms with Gasteiger partial charge in [0, 0.05) is 17.8 Å². The van der Waals surface area contributed by atoms with Crippen LogP contribution in [-0.4, -0.2) is 17.5 Å². The van der Waals surface area contributed by atoms with Gasteiger partial charge in [0.15, 0.2) is 0 Å². The first-order valence-electron chi connectivity index (χ1n) is 4.27. The molecule has 1 rings (SSSR count). The van der Waals surface area contributed by atoms with Gasteiger partial charge in [-0.25, -0.2) is 4.79 Å². The summed E-state index contributed by atoms with van der Waals surface area (Å²) in [6.07, 6.45) is 0. The zero-order valence-corrected chi connectivity index (χ0v) is 8.10. The maximum absolute atomic E-state index is 11.3. The van der Waals surface area contributed by atoms with Crippen LogP contribution < -0.4 is 5.73 Å². The quantitative estimate of drug-likeness (QED) is 0.351. The Balaban J connectivity index is 3.10. The molecule has 0 bridgehead atoms. The van der Waals surface area contributed by atoms with Gasteiger partial charge >= 0.3 is 5.97 Å². The van der Waals surface area contributed by atoms with Crippen LogP contribution in [0.2, 0.25) is 0 Å². The number of hydrogen-bond acceptors (Lipinski definition) is 5. The van der Waals surface area contributed by atoms with Crippen LogP contribution in [0.1, 0.15) is 17.3 Å². The number of benzene rings is 1. The van der Waals surface area contributed by atoms with Crippen molar-refractivity contribution in [1.29, 1.82) is 0 Å². The standard InChI is InChI=1S/C9H10N2O4/c1-2-15-9(12)7-5-6(11(13)14)3-4-8(7)10/h3-5H,2,10H2,1H3. The van der Waals surface area contributed by atoms with Gasteiger partial charge in [-0.15, -0.1) is 0 Å². The van der Waals surface area contributed by atoms with Crippen LogP contribution in [0.25, 0.3) is 0 Å². The molecule has 0 aromatic heterocycles. The van der Waals surface area contributed by atoms with Gasteiger partial charge in [0.25, 0.3) is 5.69 Å². The molecule has 0 saturated heterocycles. The number of esters is 1. The van der Waals surface area contributed by atoms with Crippen LogP contribution in [0.3, 0.4) is 0 Å². The van der Waals surface area contributed by atoms with Gasteiger partial charge in [0.1, 0.15) is 0 Å². The molecule has 0 atom stereocenters. The number of hydrogen-bond donors (Lipinski definition) is 1. The summed E-state index contributed by atoms with van der Waals surface area (Å²) < 4.78 is 4.70. The topological polar surface area (TPSA) is 95.5 Å². The summed E-state index contributed by atoms with van der Waals surface area (Å²) in [7, 11) is 0. The lowest BCUT2D eigenvalue weighted by Gasteiger charge is -2.04. The molecule has 0 aliphatic carbocycles. The molecule has 0 saturated carbocycles. The lowest BCUT2D eigenvalue weighted by Crippen LogP contribution is -2.08. The number of non-ortho nitro benzene ring substituents is 1. The number of nitro benzene ring substituents is 1. The summed E-state index contributed by atoms with van der Waals surface area (Å²) >= 11 is 0. The highest BCUT2D eigenvalue weighted by molar-refractivity contribution is 5.95. The van der Waals surface area contributed by atoms with Crippen LogP contribution in [0, 0.1) is 10.1 Å². The number of nitrogen functional groups attached to an aromatic ring is 1. The molecule has 15 heavy (non-hydrogen) atoms. The molecule has 0 spiro atoms. The van der Waals surface area contributed by atoms with Crippen molar-refractivity contribution < 1.29 is 14.5 Å².